The molecule has 1 saturated heterocycles. The van der Waals surface area contributed by atoms with Crippen molar-refractivity contribution in [3.8, 4) is 17.0 Å². The molecule has 0 radical (unpaired) electrons. The predicted octanol–water partition coefficient (Wildman–Crippen LogP) is 5.40. The Morgan fingerprint density at radius 1 is 1.05 bits per heavy atom. The number of nitrogens with one attached hydrogen (secondary N) is 2. The Kier molecular flexibility index (Phi) is 7.43. The number of anilines is 4. The van der Waals surface area contributed by atoms with Crippen LogP contribution in [0.25, 0.3) is 11.3 Å². The molecular formula is C31H29ClN6O3. The van der Waals surface area contributed by atoms with Gasteiger partial charge in [-0.2, -0.15) is 0 Å². The fourth-order valence-electron chi connectivity index (χ4n) is 5.18. The van der Waals surface area contributed by atoms with Gasteiger partial charge in [0.1, 0.15) is 5.75 Å². The highest BCUT2D eigenvalue weighted by Gasteiger charge is 2.24. The first-order valence-electron chi connectivity index (χ1n) is 13.6. The van der Waals surface area contributed by atoms with E-state index in [4.69, 9.17) is 21.3 Å². The summed E-state index contributed by atoms with van der Waals surface area (Å²) in [5, 5.41) is 6.63. The van der Waals surface area contributed by atoms with E-state index in [2.05, 4.69) is 26.6 Å². The number of halogens is 1. The summed E-state index contributed by atoms with van der Waals surface area (Å²) >= 11 is 6.15. The molecule has 4 aromatic rings. The molecule has 2 amide bonds. The van der Waals surface area contributed by atoms with Crippen molar-refractivity contribution >= 4 is 46.4 Å². The Labute approximate surface area is 243 Å². The number of hydrogen-bond donors (Lipinski definition) is 2. The number of benzene rings is 3. The van der Waals surface area contributed by atoms with Gasteiger partial charge in [0.15, 0.2) is 0 Å². The molecule has 0 spiro atoms. The Morgan fingerprint density at radius 2 is 1.83 bits per heavy atom. The highest BCUT2D eigenvalue weighted by molar-refractivity contribution is 6.31. The molecule has 208 valence electrons. The van der Waals surface area contributed by atoms with Crippen LogP contribution in [-0.4, -0.2) is 59.5 Å². The summed E-state index contributed by atoms with van der Waals surface area (Å²) < 4.78 is 5.79. The second-order valence-electron chi connectivity index (χ2n) is 9.86. The molecule has 2 N–H and O–H groups in total. The summed E-state index contributed by atoms with van der Waals surface area (Å²) in [6.45, 7) is 5.33. The van der Waals surface area contributed by atoms with Gasteiger partial charge < -0.3 is 25.2 Å². The van der Waals surface area contributed by atoms with Crippen molar-refractivity contribution in [3.05, 3.63) is 89.1 Å². The van der Waals surface area contributed by atoms with Crippen molar-refractivity contribution in [2.24, 2.45) is 0 Å². The third-order valence-corrected chi connectivity index (χ3v) is 7.42. The average molecular weight is 569 g/mol. The van der Waals surface area contributed by atoms with Crippen LogP contribution < -0.4 is 20.3 Å². The predicted molar refractivity (Wildman–Crippen MR) is 160 cm³/mol. The number of hydrogen-bond acceptors (Lipinski definition) is 7. The van der Waals surface area contributed by atoms with Crippen LogP contribution in [0.1, 0.15) is 22.8 Å². The van der Waals surface area contributed by atoms with Crippen LogP contribution in [0.4, 0.5) is 23.0 Å². The molecule has 9 nitrogen and oxygen atoms in total. The maximum Gasteiger partial charge on any atom is 0.253 e. The van der Waals surface area contributed by atoms with Crippen molar-refractivity contribution < 1.29 is 14.3 Å². The van der Waals surface area contributed by atoms with Gasteiger partial charge in [-0.05, 0) is 61.5 Å². The van der Waals surface area contributed by atoms with E-state index < -0.39 is 0 Å². The summed E-state index contributed by atoms with van der Waals surface area (Å²) in [5.74, 6) is 1.12. The number of carbonyl (C=O) groups excluding carboxylic acids is 2. The van der Waals surface area contributed by atoms with Crippen LogP contribution in [0.2, 0.25) is 5.02 Å². The summed E-state index contributed by atoms with van der Waals surface area (Å²) in [6, 6.07) is 20.7. The molecule has 0 saturated carbocycles. The van der Waals surface area contributed by atoms with E-state index in [-0.39, 0.29) is 18.2 Å². The van der Waals surface area contributed by atoms with Gasteiger partial charge in [0.2, 0.25) is 11.9 Å². The number of ether oxygens (including phenoxy) is 1. The first-order valence-corrected chi connectivity index (χ1v) is 13.9. The van der Waals surface area contributed by atoms with Crippen LogP contribution in [0, 0.1) is 0 Å². The zero-order chi connectivity index (χ0) is 28.3. The van der Waals surface area contributed by atoms with E-state index in [1.54, 1.807) is 18.3 Å². The van der Waals surface area contributed by atoms with Gasteiger partial charge in [-0.15, -0.1) is 0 Å². The molecule has 2 aliphatic rings. The lowest BCUT2D eigenvalue weighted by Gasteiger charge is -2.36. The quantitative estimate of drug-likeness (QED) is 0.321. The molecule has 0 atom stereocenters. The number of carbonyl (C=O) groups is 2. The minimum atomic E-state index is -0.145. The molecule has 41 heavy (non-hydrogen) atoms. The first kappa shape index (κ1) is 26.6. The first-order chi connectivity index (χ1) is 20.0. The molecule has 0 aliphatic carbocycles. The molecule has 2 aliphatic heterocycles. The van der Waals surface area contributed by atoms with E-state index in [9.17, 15) is 9.59 Å². The highest BCUT2D eigenvalue weighted by Crippen LogP contribution is 2.35. The lowest BCUT2D eigenvalue weighted by molar-refractivity contribution is -0.115. The summed E-state index contributed by atoms with van der Waals surface area (Å²) in [4.78, 5) is 38.9. The minimum Gasteiger partial charge on any atom is -0.492 e. The lowest BCUT2D eigenvalue weighted by atomic mass is 10.1. The van der Waals surface area contributed by atoms with Crippen LogP contribution in [0.3, 0.4) is 0 Å². The van der Waals surface area contributed by atoms with Crippen molar-refractivity contribution in [2.45, 2.75) is 13.3 Å². The third kappa shape index (κ3) is 5.67. The number of para-hydroxylation sites is 2. The maximum absolute atomic E-state index is 13.2. The molecule has 10 heteroatoms. The van der Waals surface area contributed by atoms with E-state index in [1.807, 2.05) is 60.4 Å². The number of piperazine rings is 1. The number of nitrogens with zero attached hydrogens (tertiary/aromatic N) is 4. The van der Waals surface area contributed by atoms with E-state index >= 15 is 0 Å². The SMILES string of the molecule is CCOc1ccccc1N1CCN(C(=O)c2ccc(Nc3ncc4c(n3)-c3ccc(Cl)cc3NC(=O)C4)cc2)CC1. The number of rotatable bonds is 6. The number of amides is 2. The highest BCUT2D eigenvalue weighted by atomic mass is 35.5. The van der Waals surface area contributed by atoms with E-state index in [0.717, 1.165) is 41.3 Å². The molecule has 1 fully saturated rings. The molecule has 6 rings (SSSR count). The summed E-state index contributed by atoms with van der Waals surface area (Å²) in [6.07, 6.45) is 1.84. The van der Waals surface area contributed by atoms with Crippen molar-refractivity contribution in [1.82, 2.24) is 14.9 Å². The summed E-state index contributed by atoms with van der Waals surface area (Å²) in [5.41, 5.74) is 5.23. The lowest BCUT2D eigenvalue weighted by Crippen LogP contribution is -2.48. The summed E-state index contributed by atoms with van der Waals surface area (Å²) in [7, 11) is 0. The van der Waals surface area contributed by atoms with Gasteiger partial charge in [-0.1, -0.05) is 23.7 Å². The van der Waals surface area contributed by atoms with Crippen LogP contribution in [0.15, 0.2) is 72.9 Å². The number of aromatic nitrogens is 2. The topological polar surface area (TPSA) is 99.7 Å². The van der Waals surface area contributed by atoms with Gasteiger partial charge in [-0.3, -0.25) is 9.59 Å². The second kappa shape index (κ2) is 11.5. The van der Waals surface area contributed by atoms with Gasteiger partial charge in [-0.25, -0.2) is 9.97 Å². The monoisotopic (exact) mass is 568 g/mol. The zero-order valence-corrected chi connectivity index (χ0v) is 23.3. The normalized spacial score (nSPS) is 14.4. The van der Waals surface area contributed by atoms with Gasteiger partial charge in [0, 0.05) is 59.8 Å². The smallest absolute Gasteiger partial charge is 0.253 e. The fraction of sp³-hybridized carbons (Fsp3) is 0.226. The Hall–Kier alpha value is -4.63. The zero-order valence-electron chi connectivity index (χ0n) is 22.6. The average Bonchev–Trinajstić information content (AvgIpc) is 3.12. The van der Waals surface area contributed by atoms with Crippen LogP contribution in [-0.2, 0) is 11.2 Å². The second-order valence-corrected chi connectivity index (χ2v) is 10.3. The van der Waals surface area contributed by atoms with Crippen LogP contribution >= 0.6 is 11.6 Å². The molecule has 3 heterocycles. The molecule has 3 aromatic carbocycles. The Bertz CT molecular complexity index is 1600. The van der Waals surface area contributed by atoms with Gasteiger partial charge in [0.25, 0.3) is 5.91 Å². The Balaban J connectivity index is 1.12. The molecular weight excluding hydrogens is 540 g/mol. The standard InChI is InChI=1S/C31H29ClN6O3/c1-2-41-27-6-4-3-5-26(27)37-13-15-38(16-14-37)30(40)20-7-10-23(11-8-20)34-31-33-19-21-17-28(39)35-25-18-22(32)9-12-24(25)29(21)36-31/h3-12,18-19H,2,13-17H2,1H3,(H,35,39)(H,33,34,36). The van der Waals surface area contributed by atoms with E-state index in [0.29, 0.717) is 47.6 Å². The Morgan fingerprint density at radius 3 is 2.61 bits per heavy atom. The number of fused-ring (bicyclic) bond motifs is 3. The minimum absolute atomic E-state index is 0.00279. The maximum atomic E-state index is 13.2. The fourth-order valence-corrected chi connectivity index (χ4v) is 5.35. The molecule has 0 unspecified atom stereocenters. The van der Waals surface area contributed by atoms with E-state index in [1.165, 1.54) is 0 Å². The van der Waals surface area contributed by atoms with Gasteiger partial charge in [0.05, 0.1) is 30.1 Å². The van der Waals surface area contributed by atoms with Gasteiger partial charge >= 0.3 is 0 Å². The largest absolute Gasteiger partial charge is 0.492 e. The van der Waals surface area contributed by atoms with Crippen molar-refractivity contribution in [3.63, 3.8) is 0 Å². The molecule has 1 aromatic heterocycles. The van der Waals surface area contributed by atoms with Crippen molar-refractivity contribution in [1.29, 1.82) is 0 Å². The molecule has 0 bridgehead atoms. The third-order valence-electron chi connectivity index (χ3n) is 7.19. The van der Waals surface area contributed by atoms with Crippen molar-refractivity contribution in [2.75, 3.05) is 48.3 Å². The van der Waals surface area contributed by atoms with Crippen LogP contribution in [0.5, 0.6) is 5.75 Å².